The molecule has 8 heteroatoms. The lowest BCUT2D eigenvalue weighted by Crippen LogP contribution is -2.64. The summed E-state index contributed by atoms with van der Waals surface area (Å²) < 4.78 is 19.8. The molecule has 0 heterocycles. The Morgan fingerprint density at radius 1 is 0.842 bits per heavy atom. The van der Waals surface area contributed by atoms with E-state index in [2.05, 4.69) is 72.8 Å². The molecular formula is C30H58O5Si3. The van der Waals surface area contributed by atoms with Crippen LogP contribution in [0.3, 0.4) is 0 Å². The summed E-state index contributed by atoms with van der Waals surface area (Å²) in [5, 5.41) is 12.2. The molecule has 5 nitrogen and oxygen atoms in total. The van der Waals surface area contributed by atoms with Crippen LogP contribution in [0.5, 0.6) is 0 Å². The van der Waals surface area contributed by atoms with E-state index in [1.807, 2.05) is 0 Å². The van der Waals surface area contributed by atoms with Crippen LogP contribution in [0.2, 0.25) is 58.9 Å². The quantitative estimate of drug-likeness (QED) is 0.306. The van der Waals surface area contributed by atoms with E-state index in [4.69, 9.17) is 13.3 Å². The van der Waals surface area contributed by atoms with Crippen molar-refractivity contribution in [3.8, 4) is 0 Å². The minimum Gasteiger partial charge on any atom is -0.415 e. The van der Waals surface area contributed by atoms with Crippen molar-refractivity contribution in [1.82, 2.24) is 0 Å². The molecule has 4 aliphatic rings. The first-order valence-electron chi connectivity index (χ1n) is 15.4. The SMILES string of the molecule is C[C@]12CC[C@@H](O[Si](C)(C)C)C[C@H]1CC[C@@H]1[C@@H]2[C@@H](O[Si](C)(C)C)C[C@@]2(C)[C@H]1CC[C@]2(O)C(=O)CO[Si](C)(C)C. The molecule has 0 aromatic rings. The van der Waals surface area contributed by atoms with Crippen LogP contribution < -0.4 is 0 Å². The predicted molar refractivity (Wildman–Crippen MR) is 163 cm³/mol. The maximum absolute atomic E-state index is 13.7. The average Bonchev–Trinajstić information content (AvgIpc) is 3.01. The highest BCUT2D eigenvalue weighted by atomic mass is 28.4. The lowest BCUT2D eigenvalue weighted by Gasteiger charge is -2.64. The Labute approximate surface area is 236 Å². The molecule has 38 heavy (non-hydrogen) atoms. The van der Waals surface area contributed by atoms with E-state index in [1.54, 1.807) is 0 Å². The molecule has 4 fully saturated rings. The molecule has 4 saturated carbocycles. The third kappa shape index (κ3) is 5.88. The molecule has 0 amide bonds. The maximum Gasteiger partial charge on any atom is 0.189 e. The largest absolute Gasteiger partial charge is 0.415 e. The summed E-state index contributed by atoms with van der Waals surface area (Å²) in [6.45, 7) is 25.0. The predicted octanol–water partition coefficient (Wildman–Crippen LogP) is 7.23. The molecule has 4 aliphatic carbocycles. The Morgan fingerprint density at radius 3 is 2.05 bits per heavy atom. The van der Waals surface area contributed by atoms with Crippen molar-refractivity contribution < 1.29 is 23.2 Å². The fourth-order valence-electron chi connectivity index (χ4n) is 9.34. The van der Waals surface area contributed by atoms with Gasteiger partial charge in [-0.1, -0.05) is 13.8 Å². The lowest BCUT2D eigenvalue weighted by molar-refractivity contribution is -0.198. The second kappa shape index (κ2) is 10.2. The molecule has 0 saturated heterocycles. The van der Waals surface area contributed by atoms with Gasteiger partial charge < -0.3 is 18.4 Å². The third-order valence-corrected chi connectivity index (χ3v) is 13.9. The van der Waals surface area contributed by atoms with Gasteiger partial charge in [-0.3, -0.25) is 4.79 Å². The standard InChI is InChI=1S/C30H58O5Si3/c1-28-16-14-22(34-37(6,7)8)18-21(28)12-13-23-24-15-17-30(32,26(31)20-33-36(3,4)5)29(24,2)19-25(27(23)28)35-38(9,10)11/h21-25,27,32H,12-20H2,1-11H3/t21-,22-,23+,24+,25+,27-,28+,29+,30+/m1/s1. The highest BCUT2D eigenvalue weighted by molar-refractivity contribution is 6.70. The first-order chi connectivity index (χ1) is 17.2. The van der Waals surface area contributed by atoms with Crippen LogP contribution in [-0.4, -0.2) is 60.3 Å². The molecule has 0 bridgehead atoms. The van der Waals surface area contributed by atoms with E-state index in [0.29, 0.717) is 36.2 Å². The topological polar surface area (TPSA) is 65.0 Å². The molecule has 9 atom stereocenters. The van der Waals surface area contributed by atoms with E-state index >= 15 is 0 Å². The highest BCUT2D eigenvalue weighted by Gasteiger charge is 2.69. The zero-order valence-electron chi connectivity index (χ0n) is 26.4. The van der Waals surface area contributed by atoms with Gasteiger partial charge in [-0.25, -0.2) is 0 Å². The van der Waals surface area contributed by atoms with Gasteiger partial charge >= 0.3 is 0 Å². The number of ketones is 1. The number of carbonyl (C=O) groups excluding carboxylic acids is 1. The number of carbonyl (C=O) groups is 1. The normalized spacial score (nSPS) is 43.8. The molecular weight excluding hydrogens is 525 g/mol. The Bertz CT molecular complexity index is 892. The van der Waals surface area contributed by atoms with E-state index < -0.39 is 36.0 Å². The molecule has 0 aromatic carbocycles. The number of aliphatic hydroxyl groups is 1. The van der Waals surface area contributed by atoms with Gasteiger partial charge in [0.05, 0.1) is 6.61 Å². The molecule has 220 valence electrons. The fraction of sp³-hybridized carbons (Fsp3) is 0.967. The minimum atomic E-state index is -1.85. The van der Waals surface area contributed by atoms with Crippen molar-refractivity contribution >= 4 is 30.7 Å². The van der Waals surface area contributed by atoms with Crippen molar-refractivity contribution in [2.45, 2.75) is 142 Å². The van der Waals surface area contributed by atoms with Gasteiger partial charge in [0.2, 0.25) is 0 Å². The van der Waals surface area contributed by atoms with Crippen molar-refractivity contribution in [2.75, 3.05) is 6.61 Å². The monoisotopic (exact) mass is 582 g/mol. The summed E-state index contributed by atoms with van der Waals surface area (Å²) in [5.41, 5.74) is -1.54. The third-order valence-electron chi connectivity index (χ3n) is 10.8. The second-order valence-electron chi connectivity index (χ2n) is 16.8. The van der Waals surface area contributed by atoms with E-state index in [0.717, 1.165) is 19.3 Å². The Balaban J connectivity index is 1.65. The summed E-state index contributed by atoms with van der Waals surface area (Å²) in [6, 6.07) is 0. The lowest BCUT2D eigenvalue weighted by atomic mass is 9.43. The minimum absolute atomic E-state index is 0.0421. The fourth-order valence-corrected chi connectivity index (χ4v) is 12.3. The zero-order chi connectivity index (χ0) is 28.5. The van der Waals surface area contributed by atoms with Crippen molar-refractivity contribution in [2.24, 2.45) is 34.5 Å². The number of fused-ring (bicyclic) bond motifs is 5. The van der Waals surface area contributed by atoms with Crippen LogP contribution in [-0.2, 0) is 18.1 Å². The Kier molecular flexibility index (Phi) is 8.32. The van der Waals surface area contributed by atoms with Gasteiger partial charge in [-0.05, 0) is 139 Å². The van der Waals surface area contributed by atoms with Crippen LogP contribution in [0.4, 0.5) is 0 Å². The van der Waals surface area contributed by atoms with E-state index in [1.165, 1.54) is 25.7 Å². The van der Waals surface area contributed by atoms with Gasteiger partial charge in [0.25, 0.3) is 0 Å². The first kappa shape index (κ1) is 31.1. The first-order valence-corrected chi connectivity index (χ1v) is 25.7. The van der Waals surface area contributed by atoms with Crippen LogP contribution in [0.25, 0.3) is 0 Å². The van der Waals surface area contributed by atoms with Crippen molar-refractivity contribution in [1.29, 1.82) is 0 Å². The van der Waals surface area contributed by atoms with Gasteiger partial charge in [-0.2, -0.15) is 0 Å². The number of hydrogen-bond acceptors (Lipinski definition) is 5. The van der Waals surface area contributed by atoms with Gasteiger partial charge in [0, 0.05) is 17.6 Å². The summed E-state index contributed by atoms with van der Waals surface area (Å²) in [4.78, 5) is 13.7. The smallest absolute Gasteiger partial charge is 0.189 e. The van der Waals surface area contributed by atoms with Gasteiger partial charge in [0.1, 0.15) is 5.60 Å². The summed E-state index contributed by atoms with van der Waals surface area (Å²) in [7, 11) is -5.27. The van der Waals surface area contributed by atoms with Crippen LogP contribution in [0.1, 0.15) is 65.2 Å². The summed E-state index contributed by atoms with van der Waals surface area (Å²) in [5.74, 6) is 1.94. The molecule has 0 aromatic heterocycles. The summed E-state index contributed by atoms with van der Waals surface area (Å²) in [6.07, 6.45) is 8.76. The summed E-state index contributed by atoms with van der Waals surface area (Å²) >= 11 is 0. The average molecular weight is 583 g/mol. The zero-order valence-corrected chi connectivity index (χ0v) is 29.4. The Morgan fingerprint density at radius 2 is 1.47 bits per heavy atom. The van der Waals surface area contributed by atoms with Crippen LogP contribution in [0.15, 0.2) is 0 Å². The second-order valence-corrected chi connectivity index (χ2v) is 30.3. The molecule has 1 N–H and O–H groups in total. The van der Waals surface area contributed by atoms with E-state index in [9.17, 15) is 9.90 Å². The van der Waals surface area contributed by atoms with E-state index in [-0.39, 0.29) is 23.9 Å². The highest BCUT2D eigenvalue weighted by Crippen LogP contribution is 2.69. The number of rotatable bonds is 8. The molecule has 0 spiro atoms. The number of Topliss-reactive ketones (excluding diaryl/α,β-unsaturated/α-hetero) is 1. The molecule has 0 unspecified atom stereocenters. The molecule has 0 radical (unpaired) electrons. The van der Waals surface area contributed by atoms with Gasteiger partial charge in [-0.15, -0.1) is 0 Å². The van der Waals surface area contributed by atoms with Crippen LogP contribution in [0, 0.1) is 34.5 Å². The van der Waals surface area contributed by atoms with Crippen molar-refractivity contribution in [3.05, 3.63) is 0 Å². The molecule has 4 rings (SSSR count). The van der Waals surface area contributed by atoms with Crippen molar-refractivity contribution in [3.63, 3.8) is 0 Å². The van der Waals surface area contributed by atoms with Gasteiger partial charge in [0.15, 0.2) is 30.7 Å². The maximum atomic E-state index is 13.7. The number of hydrogen-bond donors (Lipinski definition) is 1. The Hall–Kier alpha value is 0.161. The molecule has 0 aliphatic heterocycles. The van der Waals surface area contributed by atoms with Crippen LogP contribution >= 0.6 is 0 Å².